The fraction of sp³-hybridized carbons (Fsp3) is 0.500. The molecule has 0 amide bonds. The Balaban J connectivity index is 3.70. The third-order valence-electron chi connectivity index (χ3n) is 0.422. The summed E-state index contributed by atoms with van der Waals surface area (Å²) in [5.74, 6) is 3.56. The van der Waals surface area contributed by atoms with Crippen molar-refractivity contribution >= 4 is 22.5 Å². The molecule has 9 heteroatoms. The van der Waals surface area contributed by atoms with Crippen LogP contribution < -0.4 is 5.90 Å². The second-order valence-corrected chi connectivity index (χ2v) is 3.16. The summed E-state index contributed by atoms with van der Waals surface area (Å²) in [6.07, 6.45) is 0. The number of hydrogen-bond donors (Lipinski definition) is 1. The quantitative estimate of drug-likeness (QED) is 0.528. The second-order valence-electron chi connectivity index (χ2n) is 1.22. The first-order valence-corrected chi connectivity index (χ1v) is 4.43. The van der Waals surface area contributed by atoms with Gasteiger partial charge in [0.1, 0.15) is 0 Å². The first kappa shape index (κ1) is 10.6. The molecule has 0 spiro atoms. The van der Waals surface area contributed by atoms with E-state index in [9.17, 15) is 13.9 Å². The molecule has 7 nitrogen and oxygen atoms in total. The first-order chi connectivity index (χ1) is 5.06. The molecule has 0 aromatic carbocycles. The zero-order valence-electron chi connectivity index (χ0n) is 5.42. The van der Waals surface area contributed by atoms with Crippen LogP contribution in [0.4, 0.5) is 0 Å². The van der Waals surface area contributed by atoms with Crippen LogP contribution in [0.3, 0.4) is 0 Å². The second kappa shape index (κ2) is 5.23. The van der Waals surface area contributed by atoms with E-state index < -0.39 is 22.5 Å². The molecule has 62 valence electrons. The van der Waals surface area contributed by atoms with Crippen molar-refractivity contribution in [1.82, 2.24) is 0 Å². The molecule has 0 radical (unpaired) electrons. The Bertz CT molecular complexity index is 191. The molecule has 0 aromatic heterocycles. The summed E-state index contributed by atoms with van der Waals surface area (Å²) in [5.41, 5.74) is 0. The average Bonchev–Trinajstić information content (AvgIpc) is 1.85. The lowest BCUT2D eigenvalue weighted by molar-refractivity contribution is -0.131. The number of nitrogens with two attached hydrogens (primary N) is 1. The maximum atomic E-state index is 10.4. The van der Waals surface area contributed by atoms with Crippen LogP contribution in [-0.4, -0.2) is 5.97 Å². The average molecular weight is 201 g/mol. The molecule has 0 rings (SSSR count). The van der Waals surface area contributed by atoms with Gasteiger partial charge < -0.3 is 0 Å². The van der Waals surface area contributed by atoms with Gasteiger partial charge in [0.2, 0.25) is 0 Å². The summed E-state index contributed by atoms with van der Waals surface area (Å²) in [5, 5.41) is 0. The van der Waals surface area contributed by atoms with Gasteiger partial charge in [-0.05, 0) is 4.62 Å². The molecule has 0 aromatic rings. The normalized spacial score (nSPS) is 12.2. The highest BCUT2D eigenvalue weighted by molar-refractivity contribution is 7.47. The maximum absolute atomic E-state index is 10.4. The summed E-state index contributed by atoms with van der Waals surface area (Å²) < 4.78 is 32.1. The molecule has 2 N–H and O–H groups in total. The highest BCUT2D eigenvalue weighted by atomic mass is 31.2. The third-order valence-corrected chi connectivity index (χ3v) is 2.07. The van der Waals surface area contributed by atoms with Gasteiger partial charge in [-0.3, -0.25) is 0 Å². The summed E-state index contributed by atoms with van der Waals surface area (Å²) >= 11 is 0. The molecular weight excluding hydrogens is 196 g/mol. The lowest BCUT2D eigenvalue weighted by atomic mass is 10.9. The van der Waals surface area contributed by atoms with Gasteiger partial charge in [-0.2, -0.15) is 10.4 Å². The molecule has 0 bridgehead atoms. The van der Waals surface area contributed by atoms with Crippen LogP contribution in [-0.2, 0) is 27.4 Å². The van der Waals surface area contributed by atoms with Crippen LogP contribution in [0, 0.1) is 0 Å². The highest BCUT2D eigenvalue weighted by Gasteiger charge is 2.41. The fourth-order valence-corrected chi connectivity index (χ4v) is 1.13. The molecule has 11 heavy (non-hydrogen) atoms. The van der Waals surface area contributed by atoms with Crippen molar-refractivity contribution in [2.45, 2.75) is 6.92 Å². The molecule has 0 saturated carbocycles. The van der Waals surface area contributed by atoms with Gasteiger partial charge in [-0.25, -0.2) is 4.79 Å². The predicted octanol–water partition coefficient (Wildman–Crippen LogP) is 0.771. The molecule has 0 fully saturated rings. The maximum Gasteiger partial charge on any atom is 0.803 e. The van der Waals surface area contributed by atoms with E-state index in [1.807, 2.05) is 0 Å². The molecule has 2 atom stereocenters. The minimum atomic E-state index is -2.75. The topological polar surface area (TPSA) is 105 Å². The highest BCUT2D eigenvalue weighted by Crippen LogP contribution is 2.38. The molecule has 0 heterocycles. The van der Waals surface area contributed by atoms with Gasteiger partial charge >= 0.3 is 22.5 Å². The lowest BCUT2D eigenvalue weighted by Crippen LogP contribution is -1.91. The van der Waals surface area contributed by atoms with Crippen molar-refractivity contribution in [2.24, 2.45) is 5.90 Å². The van der Waals surface area contributed by atoms with Crippen LogP contribution in [0.5, 0.6) is 0 Å². The summed E-state index contributed by atoms with van der Waals surface area (Å²) in [7, 11) is -5.43. The number of hydrogen-bond acceptors (Lipinski definition) is 7. The smallest absolute Gasteiger partial charge is 0.247 e. The predicted molar refractivity (Wildman–Crippen MR) is 33.3 cm³/mol. The molecule has 0 aliphatic heterocycles. The van der Waals surface area contributed by atoms with Gasteiger partial charge in [0.15, 0.2) is 4.31 Å². The molecule has 0 aliphatic rings. The Morgan fingerprint density at radius 2 is 1.91 bits per heavy atom. The summed E-state index contributed by atoms with van der Waals surface area (Å²) in [4.78, 5) is 10.1. The van der Waals surface area contributed by atoms with E-state index in [1.165, 1.54) is 0 Å². The van der Waals surface area contributed by atoms with Crippen molar-refractivity contribution in [3.8, 4) is 0 Å². The van der Waals surface area contributed by atoms with E-state index in [0.29, 0.717) is 0 Å². The van der Waals surface area contributed by atoms with E-state index in [4.69, 9.17) is 0 Å². The Labute approximate surface area is 63.7 Å². The van der Waals surface area contributed by atoms with Crippen molar-refractivity contribution in [3.05, 3.63) is 0 Å². The summed E-state index contributed by atoms with van der Waals surface area (Å²) in [6.45, 7) is 1.02. The Hall–Kier alpha value is -0.450. The Morgan fingerprint density at radius 1 is 1.36 bits per heavy atom. The van der Waals surface area contributed by atoms with Gasteiger partial charge in [0.05, 0.1) is 0 Å². The van der Waals surface area contributed by atoms with Crippen molar-refractivity contribution in [2.75, 3.05) is 0 Å². The third kappa shape index (κ3) is 5.97. The minimum absolute atomic E-state index is 0.813. The lowest BCUT2D eigenvalue weighted by Gasteiger charge is -1.74. The zero-order valence-corrected chi connectivity index (χ0v) is 7.21. The monoisotopic (exact) mass is 201 g/mol. The van der Waals surface area contributed by atoms with Crippen LogP contribution in [0.25, 0.3) is 0 Å². The minimum Gasteiger partial charge on any atom is -0.247 e. The van der Waals surface area contributed by atoms with E-state index >= 15 is 0 Å². The standard InChI is InChI=1S/C2H5NO6P2/c1-2(4)7-10(5)9-11(6)8-3/h3H2,1H3/q+2. The zero-order chi connectivity index (χ0) is 8.85. The SMILES string of the molecule is CC(=O)O[P+](=O)O[P+](=O)ON. The van der Waals surface area contributed by atoms with Gasteiger partial charge in [-0.1, -0.05) is 0 Å². The van der Waals surface area contributed by atoms with Crippen LogP contribution >= 0.6 is 16.5 Å². The molecule has 2 unspecified atom stereocenters. The van der Waals surface area contributed by atoms with Crippen LogP contribution in [0.2, 0.25) is 0 Å². The molecular formula is C2H5NO6P2+2. The molecule has 0 aliphatic carbocycles. The van der Waals surface area contributed by atoms with Crippen LogP contribution in [0.1, 0.15) is 6.92 Å². The fourth-order valence-electron chi connectivity index (χ4n) is 0.195. The van der Waals surface area contributed by atoms with E-state index in [-0.39, 0.29) is 0 Å². The van der Waals surface area contributed by atoms with Crippen molar-refractivity contribution in [3.63, 3.8) is 0 Å². The van der Waals surface area contributed by atoms with Crippen molar-refractivity contribution < 1.29 is 27.4 Å². The van der Waals surface area contributed by atoms with E-state index in [1.54, 1.807) is 0 Å². The first-order valence-electron chi connectivity index (χ1n) is 2.24. The number of carbonyl (C=O) groups is 1. The number of carbonyl (C=O) groups excluding carboxylic acids is 1. The Kier molecular flexibility index (Phi) is 5.02. The van der Waals surface area contributed by atoms with E-state index in [2.05, 4.69) is 19.4 Å². The van der Waals surface area contributed by atoms with Gasteiger partial charge in [0.25, 0.3) is 0 Å². The molecule has 0 saturated heterocycles. The van der Waals surface area contributed by atoms with Gasteiger partial charge in [0, 0.05) is 16.1 Å². The van der Waals surface area contributed by atoms with E-state index in [0.717, 1.165) is 6.92 Å². The summed E-state index contributed by atoms with van der Waals surface area (Å²) in [6, 6.07) is 0. The largest absolute Gasteiger partial charge is 0.803 e. The van der Waals surface area contributed by atoms with Crippen molar-refractivity contribution in [1.29, 1.82) is 0 Å². The number of rotatable bonds is 4. The van der Waals surface area contributed by atoms with Gasteiger partial charge in [-0.15, -0.1) is 0 Å². The van der Waals surface area contributed by atoms with Crippen LogP contribution in [0.15, 0.2) is 0 Å². The Morgan fingerprint density at radius 3 is 2.27 bits per heavy atom.